The molecule has 1 aromatic rings. The summed E-state index contributed by atoms with van der Waals surface area (Å²) < 4.78 is 0. The molecule has 13 heavy (non-hydrogen) atoms. The fourth-order valence-corrected chi connectivity index (χ4v) is 1.69. The van der Waals surface area contributed by atoms with E-state index in [0.717, 1.165) is 24.6 Å². The van der Waals surface area contributed by atoms with Gasteiger partial charge in [-0.15, -0.1) is 0 Å². The number of nitrogens with zero attached hydrogens (tertiary/aromatic N) is 2. The predicted octanol–water partition coefficient (Wildman–Crippen LogP) is 0.927. The Bertz CT molecular complexity index is 312. The number of aromatic nitrogens is 1. The lowest BCUT2D eigenvalue weighted by Gasteiger charge is -2.46. The molecule has 2 heterocycles. The van der Waals surface area contributed by atoms with E-state index in [4.69, 9.17) is 5.73 Å². The van der Waals surface area contributed by atoms with Crippen LogP contribution in [-0.2, 0) is 0 Å². The molecule has 0 aromatic carbocycles. The first-order chi connectivity index (χ1) is 6.07. The highest BCUT2D eigenvalue weighted by molar-refractivity contribution is 5.44. The third-order valence-corrected chi connectivity index (χ3v) is 2.30. The SMILES string of the molecule is Cc1cccc(N2CC(C)(N)C2)n1. The summed E-state index contributed by atoms with van der Waals surface area (Å²) in [6.45, 7) is 5.89. The van der Waals surface area contributed by atoms with E-state index < -0.39 is 0 Å². The van der Waals surface area contributed by atoms with Gasteiger partial charge in [0.05, 0.1) is 0 Å². The number of rotatable bonds is 1. The largest absolute Gasteiger partial charge is 0.353 e. The standard InChI is InChI=1S/C10H15N3/c1-8-4-3-5-9(12-8)13-6-10(2,11)7-13/h3-5H,6-7,11H2,1-2H3. The Balaban J connectivity index is 2.11. The molecule has 3 heteroatoms. The molecule has 1 aliphatic rings. The Morgan fingerprint density at radius 1 is 1.46 bits per heavy atom. The normalized spacial score (nSPS) is 19.8. The Labute approximate surface area is 78.6 Å². The van der Waals surface area contributed by atoms with Crippen molar-refractivity contribution in [3.8, 4) is 0 Å². The summed E-state index contributed by atoms with van der Waals surface area (Å²) in [5.41, 5.74) is 6.95. The average molecular weight is 177 g/mol. The van der Waals surface area contributed by atoms with E-state index in [0.29, 0.717) is 0 Å². The molecule has 2 N–H and O–H groups in total. The van der Waals surface area contributed by atoms with E-state index in [1.807, 2.05) is 25.1 Å². The van der Waals surface area contributed by atoms with Gasteiger partial charge in [-0.2, -0.15) is 0 Å². The maximum Gasteiger partial charge on any atom is 0.128 e. The van der Waals surface area contributed by atoms with Gasteiger partial charge in [-0.1, -0.05) is 6.07 Å². The second-order valence-corrected chi connectivity index (χ2v) is 4.15. The van der Waals surface area contributed by atoms with Crippen LogP contribution in [0, 0.1) is 6.92 Å². The van der Waals surface area contributed by atoms with Gasteiger partial charge in [0.15, 0.2) is 0 Å². The molecule has 70 valence electrons. The molecule has 0 bridgehead atoms. The Morgan fingerprint density at radius 3 is 2.69 bits per heavy atom. The molecular formula is C10H15N3. The Kier molecular flexibility index (Phi) is 1.77. The molecule has 3 nitrogen and oxygen atoms in total. The first-order valence-electron chi connectivity index (χ1n) is 4.54. The molecule has 0 unspecified atom stereocenters. The van der Waals surface area contributed by atoms with Gasteiger partial charge in [-0.3, -0.25) is 0 Å². The van der Waals surface area contributed by atoms with Crippen LogP contribution in [0.4, 0.5) is 5.82 Å². The van der Waals surface area contributed by atoms with E-state index in [1.165, 1.54) is 0 Å². The van der Waals surface area contributed by atoms with Gasteiger partial charge in [0.1, 0.15) is 5.82 Å². The van der Waals surface area contributed by atoms with E-state index in [-0.39, 0.29) is 5.54 Å². The third kappa shape index (κ3) is 1.65. The maximum atomic E-state index is 5.92. The number of anilines is 1. The zero-order valence-electron chi connectivity index (χ0n) is 8.12. The fraction of sp³-hybridized carbons (Fsp3) is 0.500. The molecule has 0 saturated carbocycles. The monoisotopic (exact) mass is 177 g/mol. The van der Waals surface area contributed by atoms with Crippen LogP contribution in [0.2, 0.25) is 0 Å². The van der Waals surface area contributed by atoms with E-state index in [1.54, 1.807) is 0 Å². The van der Waals surface area contributed by atoms with Crippen LogP contribution in [-0.4, -0.2) is 23.6 Å². The summed E-state index contributed by atoms with van der Waals surface area (Å²) >= 11 is 0. The lowest BCUT2D eigenvalue weighted by Crippen LogP contribution is -2.65. The van der Waals surface area contributed by atoms with E-state index in [9.17, 15) is 0 Å². The number of pyridine rings is 1. The van der Waals surface area contributed by atoms with Crippen molar-refractivity contribution >= 4 is 5.82 Å². The summed E-state index contributed by atoms with van der Waals surface area (Å²) in [5, 5.41) is 0. The molecule has 0 radical (unpaired) electrons. The molecule has 2 rings (SSSR count). The van der Waals surface area contributed by atoms with Crippen molar-refractivity contribution in [3.05, 3.63) is 23.9 Å². The van der Waals surface area contributed by atoms with Crippen LogP contribution >= 0.6 is 0 Å². The quantitative estimate of drug-likeness (QED) is 0.693. The van der Waals surface area contributed by atoms with Crippen molar-refractivity contribution in [2.75, 3.05) is 18.0 Å². The first-order valence-corrected chi connectivity index (χ1v) is 4.54. The lowest BCUT2D eigenvalue weighted by molar-refractivity contribution is 0.363. The Morgan fingerprint density at radius 2 is 2.15 bits per heavy atom. The molecular weight excluding hydrogens is 162 g/mol. The topological polar surface area (TPSA) is 42.1 Å². The summed E-state index contributed by atoms with van der Waals surface area (Å²) in [6.07, 6.45) is 0. The highest BCUT2D eigenvalue weighted by Gasteiger charge is 2.35. The summed E-state index contributed by atoms with van der Waals surface area (Å²) in [7, 11) is 0. The van der Waals surface area contributed by atoms with Crippen LogP contribution in [0.15, 0.2) is 18.2 Å². The van der Waals surface area contributed by atoms with Gasteiger partial charge in [0, 0.05) is 24.3 Å². The van der Waals surface area contributed by atoms with Crippen molar-refractivity contribution in [2.24, 2.45) is 5.73 Å². The van der Waals surface area contributed by atoms with Crippen LogP contribution in [0.25, 0.3) is 0 Å². The van der Waals surface area contributed by atoms with Crippen molar-refractivity contribution in [1.82, 2.24) is 4.98 Å². The van der Waals surface area contributed by atoms with Gasteiger partial charge in [0.25, 0.3) is 0 Å². The molecule has 0 spiro atoms. The second-order valence-electron chi connectivity index (χ2n) is 4.15. The van der Waals surface area contributed by atoms with E-state index in [2.05, 4.69) is 16.8 Å². The number of hydrogen-bond acceptors (Lipinski definition) is 3. The Hall–Kier alpha value is -1.09. The molecule has 1 fully saturated rings. The molecule has 0 atom stereocenters. The minimum absolute atomic E-state index is 0.0224. The van der Waals surface area contributed by atoms with Gasteiger partial charge in [0.2, 0.25) is 0 Å². The van der Waals surface area contributed by atoms with Gasteiger partial charge in [-0.25, -0.2) is 4.98 Å². The first kappa shape index (κ1) is 8.51. The van der Waals surface area contributed by atoms with Crippen LogP contribution in [0.5, 0.6) is 0 Å². The number of hydrogen-bond donors (Lipinski definition) is 1. The van der Waals surface area contributed by atoms with Crippen LogP contribution < -0.4 is 10.6 Å². The minimum Gasteiger partial charge on any atom is -0.353 e. The predicted molar refractivity (Wildman–Crippen MR) is 53.8 cm³/mol. The fourth-order valence-electron chi connectivity index (χ4n) is 1.69. The zero-order chi connectivity index (χ0) is 9.47. The summed E-state index contributed by atoms with van der Waals surface area (Å²) in [4.78, 5) is 6.63. The van der Waals surface area contributed by atoms with Gasteiger partial charge < -0.3 is 10.6 Å². The lowest BCUT2D eigenvalue weighted by atomic mass is 9.94. The smallest absolute Gasteiger partial charge is 0.128 e. The summed E-state index contributed by atoms with van der Waals surface area (Å²) in [6, 6.07) is 6.07. The highest BCUT2D eigenvalue weighted by atomic mass is 15.3. The number of nitrogens with two attached hydrogens (primary N) is 1. The van der Waals surface area contributed by atoms with Crippen LogP contribution in [0.3, 0.4) is 0 Å². The third-order valence-electron chi connectivity index (χ3n) is 2.30. The highest BCUT2D eigenvalue weighted by Crippen LogP contribution is 2.23. The molecule has 1 aliphatic heterocycles. The zero-order valence-corrected chi connectivity index (χ0v) is 8.12. The molecule has 0 aliphatic carbocycles. The summed E-state index contributed by atoms with van der Waals surface area (Å²) in [5.74, 6) is 1.04. The number of aryl methyl sites for hydroxylation is 1. The van der Waals surface area contributed by atoms with Gasteiger partial charge >= 0.3 is 0 Å². The van der Waals surface area contributed by atoms with Crippen molar-refractivity contribution in [3.63, 3.8) is 0 Å². The second kappa shape index (κ2) is 2.70. The van der Waals surface area contributed by atoms with Crippen molar-refractivity contribution in [2.45, 2.75) is 19.4 Å². The molecule has 1 saturated heterocycles. The minimum atomic E-state index is -0.0224. The van der Waals surface area contributed by atoms with Crippen molar-refractivity contribution in [1.29, 1.82) is 0 Å². The van der Waals surface area contributed by atoms with Gasteiger partial charge in [-0.05, 0) is 26.0 Å². The maximum absolute atomic E-state index is 5.92. The molecule has 1 aromatic heterocycles. The molecule has 0 amide bonds. The average Bonchev–Trinajstić information content (AvgIpc) is 2.00. The van der Waals surface area contributed by atoms with E-state index >= 15 is 0 Å². The van der Waals surface area contributed by atoms with Crippen molar-refractivity contribution < 1.29 is 0 Å². The van der Waals surface area contributed by atoms with Crippen LogP contribution in [0.1, 0.15) is 12.6 Å².